The number of carbonyl (C=O) groups is 1. The molecule has 6 heteroatoms. The van der Waals surface area contributed by atoms with E-state index in [0.29, 0.717) is 23.2 Å². The van der Waals surface area contributed by atoms with Crippen molar-refractivity contribution < 1.29 is 13.9 Å². The Balaban J connectivity index is 0.00000361. The van der Waals surface area contributed by atoms with Gasteiger partial charge in [-0.1, -0.05) is 0 Å². The Labute approximate surface area is 124 Å². The van der Waals surface area contributed by atoms with Gasteiger partial charge < -0.3 is 15.4 Å². The Morgan fingerprint density at radius 2 is 2.10 bits per heavy atom. The van der Waals surface area contributed by atoms with Crippen molar-refractivity contribution in [3.63, 3.8) is 0 Å². The molecule has 0 fully saturated rings. The van der Waals surface area contributed by atoms with Crippen LogP contribution in [0.2, 0.25) is 0 Å². The summed E-state index contributed by atoms with van der Waals surface area (Å²) in [6, 6.07) is 5.15. The van der Waals surface area contributed by atoms with Crippen molar-refractivity contribution in [2.45, 2.75) is 6.92 Å². The van der Waals surface area contributed by atoms with Crippen LogP contribution in [0, 0.1) is 6.92 Å². The largest absolute Gasteiger partial charge is 0.489 e. The highest BCUT2D eigenvalue weighted by molar-refractivity contribution is 5.95. The van der Waals surface area contributed by atoms with Crippen LogP contribution >= 0.6 is 12.4 Å². The molecule has 0 aliphatic carbocycles. The molecule has 2 N–H and O–H groups in total. The van der Waals surface area contributed by atoms with Gasteiger partial charge in [-0.2, -0.15) is 0 Å². The van der Waals surface area contributed by atoms with E-state index in [1.54, 1.807) is 32.3 Å². The SMILES string of the molecule is Cc1cc(OC/C(=C\F)CN)ccc1C(=O)N(C)C.Cl. The number of nitrogens with two attached hydrogens (primary N) is 1. The fourth-order valence-corrected chi connectivity index (χ4v) is 1.52. The zero-order chi connectivity index (χ0) is 14.4. The molecule has 1 aromatic rings. The van der Waals surface area contributed by atoms with Gasteiger partial charge in [-0.05, 0) is 30.7 Å². The zero-order valence-corrected chi connectivity index (χ0v) is 12.7. The van der Waals surface area contributed by atoms with E-state index >= 15 is 0 Å². The number of amides is 1. The summed E-state index contributed by atoms with van der Waals surface area (Å²) in [5.41, 5.74) is 7.15. The molecule has 0 saturated heterocycles. The van der Waals surface area contributed by atoms with E-state index in [1.807, 2.05) is 6.92 Å². The van der Waals surface area contributed by atoms with Gasteiger partial charge in [-0.25, -0.2) is 4.39 Å². The predicted molar refractivity (Wildman–Crippen MR) is 80.2 cm³/mol. The van der Waals surface area contributed by atoms with Gasteiger partial charge in [0.1, 0.15) is 12.4 Å². The average Bonchev–Trinajstić information content (AvgIpc) is 2.39. The summed E-state index contributed by atoms with van der Waals surface area (Å²) in [6.45, 7) is 2.05. The summed E-state index contributed by atoms with van der Waals surface area (Å²) >= 11 is 0. The third kappa shape index (κ3) is 4.83. The predicted octanol–water partition coefficient (Wildman–Crippen LogP) is 2.31. The molecule has 0 saturated carbocycles. The first-order chi connectivity index (χ1) is 8.99. The Hall–Kier alpha value is -1.59. The summed E-state index contributed by atoms with van der Waals surface area (Å²) in [7, 11) is 3.40. The second-order valence-electron chi connectivity index (χ2n) is 4.44. The molecule has 0 unspecified atom stereocenters. The van der Waals surface area contributed by atoms with Gasteiger partial charge >= 0.3 is 0 Å². The first-order valence-corrected chi connectivity index (χ1v) is 5.93. The molecule has 0 bridgehead atoms. The van der Waals surface area contributed by atoms with Crippen molar-refractivity contribution >= 4 is 18.3 Å². The molecule has 0 heterocycles. The van der Waals surface area contributed by atoms with E-state index in [4.69, 9.17) is 10.5 Å². The van der Waals surface area contributed by atoms with Crippen LogP contribution in [0.4, 0.5) is 4.39 Å². The molecule has 20 heavy (non-hydrogen) atoms. The van der Waals surface area contributed by atoms with E-state index < -0.39 is 0 Å². The molecule has 1 aromatic carbocycles. The number of nitrogens with zero attached hydrogens (tertiary/aromatic N) is 1. The molecule has 1 rings (SSSR count). The number of aryl methyl sites for hydroxylation is 1. The van der Waals surface area contributed by atoms with E-state index in [2.05, 4.69) is 0 Å². The standard InChI is InChI=1S/C14H19FN2O2.ClH/c1-10-6-12(19-9-11(7-15)8-16)4-5-13(10)14(18)17(2)3;/h4-7H,8-9,16H2,1-3H3;1H/b11-7-;. The summed E-state index contributed by atoms with van der Waals surface area (Å²) in [4.78, 5) is 13.4. The highest BCUT2D eigenvalue weighted by Gasteiger charge is 2.11. The van der Waals surface area contributed by atoms with Crippen LogP contribution in [-0.2, 0) is 0 Å². The van der Waals surface area contributed by atoms with Crippen molar-refractivity contribution in [2.75, 3.05) is 27.2 Å². The van der Waals surface area contributed by atoms with Crippen molar-refractivity contribution in [2.24, 2.45) is 5.73 Å². The molecule has 112 valence electrons. The maximum absolute atomic E-state index is 12.3. The normalized spacial score (nSPS) is 10.8. The Morgan fingerprint density at radius 1 is 1.45 bits per heavy atom. The number of benzene rings is 1. The highest BCUT2D eigenvalue weighted by atomic mass is 35.5. The summed E-state index contributed by atoms with van der Waals surface area (Å²) in [5, 5.41) is 0. The number of carbonyl (C=O) groups excluding carboxylic acids is 1. The third-order valence-corrected chi connectivity index (χ3v) is 2.68. The molecular formula is C14H20ClFN2O2. The Kier molecular flexibility index (Phi) is 7.87. The van der Waals surface area contributed by atoms with E-state index in [-0.39, 0.29) is 31.5 Å². The summed E-state index contributed by atoms with van der Waals surface area (Å²) in [5.74, 6) is 0.524. The average molecular weight is 303 g/mol. The van der Waals surface area contributed by atoms with Gasteiger partial charge in [-0.3, -0.25) is 4.79 Å². The van der Waals surface area contributed by atoms with Gasteiger partial charge in [0.2, 0.25) is 0 Å². The van der Waals surface area contributed by atoms with E-state index in [0.717, 1.165) is 5.56 Å². The lowest BCUT2D eigenvalue weighted by atomic mass is 10.1. The van der Waals surface area contributed by atoms with Crippen molar-refractivity contribution in [3.8, 4) is 5.75 Å². The molecule has 0 spiro atoms. The molecule has 1 amide bonds. The second kappa shape index (κ2) is 8.55. The minimum absolute atomic E-state index is 0. The van der Waals surface area contributed by atoms with Crippen LogP contribution < -0.4 is 10.5 Å². The maximum Gasteiger partial charge on any atom is 0.253 e. The topological polar surface area (TPSA) is 55.6 Å². The summed E-state index contributed by atoms with van der Waals surface area (Å²) in [6.07, 6.45) is 0.455. The highest BCUT2D eigenvalue weighted by Crippen LogP contribution is 2.18. The quantitative estimate of drug-likeness (QED) is 0.908. The van der Waals surface area contributed by atoms with Crippen LogP contribution in [-0.4, -0.2) is 38.1 Å². The molecule has 0 aliphatic heterocycles. The van der Waals surface area contributed by atoms with Gasteiger partial charge in [-0.15, -0.1) is 12.4 Å². The van der Waals surface area contributed by atoms with E-state index in [9.17, 15) is 9.18 Å². The van der Waals surface area contributed by atoms with E-state index in [1.165, 1.54) is 4.90 Å². The molecule has 4 nitrogen and oxygen atoms in total. The number of hydrogen-bond acceptors (Lipinski definition) is 3. The lowest BCUT2D eigenvalue weighted by molar-refractivity contribution is 0.0827. The van der Waals surface area contributed by atoms with Crippen LogP contribution in [0.3, 0.4) is 0 Å². The van der Waals surface area contributed by atoms with Crippen LogP contribution in [0.15, 0.2) is 30.1 Å². The number of halogens is 2. The smallest absolute Gasteiger partial charge is 0.253 e. The van der Waals surface area contributed by atoms with Crippen LogP contribution in [0.25, 0.3) is 0 Å². The first kappa shape index (κ1) is 18.4. The van der Waals surface area contributed by atoms with Gasteiger partial charge in [0, 0.05) is 31.8 Å². The number of rotatable bonds is 5. The lowest BCUT2D eigenvalue weighted by Gasteiger charge is -2.14. The van der Waals surface area contributed by atoms with Crippen LogP contribution in [0.1, 0.15) is 15.9 Å². The second-order valence-corrected chi connectivity index (χ2v) is 4.44. The fourth-order valence-electron chi connectivity index (χ4n) is 1.52. The zero-order valence-electron chi connectivity index (χ0n) is 11.9. The number of ether oxygens (including phenoxy) is 1. The van der Waals surface area contributed by atoms with Gasteiger partial charge in [0.15, 0.2) is 0 Å². The minimum Gasteiger partial charge on any atom is -0.489 e. The first-order valence-electron chi connectivity index (χ1n) is 5.93. The van der Waals surface area contributed by atoms with Gasteiger partial charge in [0.25, 0.3) is 5.91 Å². The molecule has 0 radical (unpaired) electrons. The maximum atomic E-state index is 12.3. The fraction of sp³-hybridized carbons (Fsp3) is 0.357. The molecule has 0 aliphatic rings. The monoisotopic (exact) mass is 302 g/mol. The Morgan fingerprint density at radius 3 is 2.55 bits per heavy atom. The van der Waals surface area contributed by atoms with Crippen molar-refractivity contribution in [1.29, 1.82) is 0 Å². The summed E-state index contributed by atoms with van der Waals surface area (Å²) < 4.78 is 17.7. The Bertz CT molecular complexity index is 490. The van der Waals surface area contributed by atoms with Crippen molar-refractivity contribution in [3.05, 3.63) is 41.2 Å². The van der Waals surface area contributed by atoms with Crippen molar-refractivity contribution in [1.82, 2.24) is 4.90 Å². The molecule has 0 atom stereocenters. The van der Waals surface area contributed by atoms with Gasteiger partial charge in [0.05, 0.1) is 6.33 Å². The lowest BCUT2D eigenvalue weighted by Crippen LogP contribution is -2.22. The number of hydrogen-bond donors (Lipinski definition) is 1. The third-order valence-electron chi connectivity index (χ3n) is 2.68. The minimum atomic E-state index is -0.0599. The van der Waals surface area contributed by atoms with Crippen LogP contribution in [0.5, 0.6) is 5.75 Å². The molecular weight excluding hydrogens is 283 g/mol. The molecule has 0 aromatic heterocycles.